The van der Waals surface area contributed by atoms with Crippen molar-refractivity contribution in [1.82, 2.24) is 24.7 Å². The smallest absolute Gasteiger partial charge is 0.225 e. The second kappa shape index (κ2) is 6.88. The number of pyridine rings is 1. The summed E-state index contributed by atoms with van der Waals surface area (Å²) in [4.78, 5) is 18.2. The highest BCUT2D eigenvalue weighted by atomic mass is 15.3. The SMILES string of the molecule is CCc1cnc(N2CCN(c3cccc(-n4cccn4)n3)CC2)nc1. The molecule has 0 atom stereocenters. The molecule has 0 amide bonds. The molecule has 4 heterocycles. The Morgan fingerprint density at radius 2 is 1.64 bits per heavy atom. The van der Waals surface area contributed by atoms with Gasteiger partial charge in [-0.1, -0.05) is 13.0 Å². The van der Waals surface area contributed by atoms with Crippen molar-refractivity contribution in [2.24, 2.45) is 0 Å². The van der Waals surface area contributed by atoms with Crippen LogP contribution in [0, 0.1) is 0 Å². The van der Waals surface area contributed by atoms with E-state index < -0.39 is 0 Å². The lowest BCUT2D eigenvalue weighted by atomic mass is 10.3. The first-order valence-electron chi connectivity index (χ1n) is 8.61. The third-order valence-corrected chi connectivity index (χ3v) is 4.45. The Morgan fingerprint density at radius 3 is 2.32 bits per heavy atom. The molecule has 0 unspecified atom stereocenters. The fourth-order valence-electron chi connectivity index (χ4n) is 2.95. The second-order valence-corrected chi connectivity index (χ2v) is 6.02. The van der Waals surface area contributed by atoms with Crippen molar-refractivity contribution in [1.29, 1.82) is 0 Å². The maximum Gasteiger partial charge on any atom is 0.225 e. The van der Waals surface area contributed by atoms with Gasteiger partial charge in [-0.05, 0) is 30.2 Å². The number of nitrogens with zero attached hydrogens (tertiary/aromatic N) is 7. The molecule has 1 fully saturated rings. The lowest BCUT2D eigenvalue weighted by Gasteiger charge is -2.35. The Kier molecular flexibility index (Phi) is 4.28. The van der Waals surface area contributed by atoms with Gasteiger partial charge in [0.1, 0.15) is 5.82 Å². The van der Waals surface area contributed by atoms with Crippen LogP contribution < -0.4 is 9.80 Å². The van der Waals surface area contributed by atoms with Crippen molar-refractivity contribution in [2.75, 3.05) is 36.0 Å². The minimum absolute atomic E-state index is 0.815. The summed E-state index contributed by atoms with van der Waals surface area (Å²) in [7, 11) is 0. The fraction of sp³-hybridized carbons (Fsp3) is 0.333. The van der Waals surface area contributed by atoms with Gasteiger partial charge in [-0.25, -0.2) is 19.6 Å². The first kappa shape index (κ1) is 15.6. The summed E-state index contributed by atoms with van der Waals surface area (Å²) in [6.45, 7) is 5.68. The van der Waals surface area contributed by atoms with Crippen molar-refractivity contribution in [2.45, 2.75) is 13.3 Å². The number of anilines is 2. The molecule has 3 aromatic heterocycles. The highest BCUT2D eigenvalue weighted by Crippen LogP contribution is 2.18. The van der Waals surface area contributed by atoms with Crippen LogP contribution in [-0.4, -0.2) is 50.9 Å². The summed E-state index contributed by atoms with van der Waals surface area (Å²) >= 11 is 0. The van der Waals surface area contributed by atoms with Crippen LogP contribution in [0.25, 0.3) is 5.82 Å². The molecular weight excluding hydrogens is 314 g/mol. The van der Waals surface area contributed by atoms with Gasteiger partial charge in [0.2, 0.25) is 5.95 Å². The van der Waals surface area contributed by atoms with E-state index in [1.807, 2.05) is 36.8 Å². The molecule has 7 heteroatoms. The minimum atomic E-state index is 0.815. The molecule has 0 bridgehead atoms. The molecule has 0 radical (unpaired) electrons. The number of hydrogen-bond donors (Lipinski definition) is 0. The summed E-state index contributed by atoms with van der Waals surface area (Å²) in [6.07, 6.45) is 8.47. The molecule has 0 aromatic carbocycles. The molecule has 25 heavy (non-hydrogen) atoms. The van der Waals surface area contributed by atoms with Crippen LogP contribution in [0.4, 0.5) is 11.8 Å². The summed E-state index contributed by atoms with van der Waals surface area (Å²) in [5, 5.41) is 4.25. The normalized spacial score (nSPS) is 14.8. The zero-order valence-corrected chi connectivity index (χ0v) is 14.3. The molecule has 7 nitrogen and oxygen atoms in total. The number of rotatable bonds is 4. The Bertz CT molecular complexity index is 806. The molecule has 3 aromatic rings. The van der Waals surface area contributed by atoms with Gasteiger partial charge >= 0.3 is 0 Å². The van der Waals surface area contributed by atoms with Crippen LogP contribution in [0.15, 0.2) is 49.1 Å². The topological polar surface area (TPSA) is 63.0 Å². The monoisotopic (exact) mass is 335 g/mol. The third kappa shape index (κ3) is 3.31. The first-order valence-corrected chi connectivity index (χ1v) is 8.61. The van der Waals surface area contributed by atoms with E-state index in [1.54, 1.807) is 10.9 Å². The van der Waals surface area contributed by atoms with Gasteiger partial charge in [-0.3, -0.25) is 0 Å². The molecule has 1 aliphatic heterocycles. The Balaban J connectivity index is 1.44. The van der Waals surface area contributed by atoms with E-state index in [9.17, 15) is 0 Å². The standard InChI is InChI=1S/C18H21N7/c1-2-15-13-19-18(20-14-15)24-11-9-23(10-12-24)16-5-3-6-17(22-16)25-8-4-7-21-25/h3-8,13-14H,2,9-12H2,1H3. The van der Waals surface area contributed by atoms with Crippen molar-refractivity contribution in [3.8, 4) is 5.82 Å². The lowest BCUT2D eigenvalue weighted by molar-refractivity contribution is 0.633. The average Bonchev–Trinajstić information content (AvgIpc) is 3.23. The summed E-state index contributed by atoms with van der Waals surface area (Å²) in [6, 6.07) is 7.94. The van der Waals surface area contributed by atoms with Crippen LogP contribution in [0.3, 0.4) is 0 Å². The molecule has 128 valence electrons. The van der Waals surface area contributed by atoms with Gasteiger partial charge in [0, 0.05) is 51.0 Å². The molecule has 0 saturated carbocycles. The third-order valence-electron chi connectivity index (χ3n) is 4.45. The van der Waals surface area contributed by atoms with Crippen molar-refractivity contribution in [3.63, 3.8) is 0 Å². The molecule has 0 aliphatic carbocycles. The van der Waals surface area contributed by atoms with Crippen molar-refractivity contribution in [3.05, 3.63) is 54.6 Å². The highest BCUT2D eigenvalue weighted by Gasteiger charge is 2.20. The number of aryl methyl sites for hydroxylation is 1. The quantitative estimate of drug-likeness (QED) is 0.726. The largest absolute Gasteiger partial charge is 0.353 e. The van der Waals surface area contributed by atoms with E-state index in [0.29, 0.717) is 0 Å². The predicted octanol–water partition coefficient (Wildman–Crippen LogP) is 1.95. The Labute approximate surface area is 147 Å². The van der Waals surface area contributed by atoms with Gasteiger partial charge in [0.15, 0.2) is 5.82 Å². The zero-order valence-electron chi connectivity index (χ0n) is 14.3. The van der Waals surface area contributed by atoms with E-state index in [1.165, 1.54) is 5.56 Å². The van der Waals surface area contributed by atoms with Crippen molar-refractivity contribution < 1.29 is 0 Å². The van der Waals surface area contributed by atoms with Gasteiger partial charge in [-0.2, -0.15) is 5.10 Å². The van der Waals surface area contributed by atoms with Gasteiger partial charge in [0.05, 0.1) is 0 Å². The van der Waals surface area contributed by atoms with E-state index in [4.69, 9.17) is 4.98 Å². The molecular formula is C18H21N7. The maximum absolute atomic E-state index is 4.74. The molecule has 1 aliphatic rings. The summed E-state index contributed by atoms with van der Waals surface area (Å²) in [5.41, 5.74) is 1.17. The van der Waals surface area contributed by atoms with Crippen LogP contribution in [0.2, 0.25) is 0 Å². The van der Waals surface area contributed by atoms with E-state index in [2.05, 4.69) is 37.9 Å². The molecule has 0 spiro atoms. The second-order valence-electron chi connectivity index (χ2n) is 6.02. The van der Waals surface area contributed by atoms with E-state index >= 15 is 0 Å². The number of aromatic nitrogens is 5. The number of hydrogen-bond acceptors (Lipinski definition) is 6. The highest BCUT2D eigenvalue weighted by molar-refractivity contribution is 5.45. The van der Waals surface area contributed by atoms with Gasteiger partial charge < -0.3 is 9.80 Å². The summed E-state index contributed by atoms with van der Waals surface area (Å²) in [5.74, 6) is 2.63. The van der Waals surface area contributed by atoms with Crippen LogP contribution in [-0.2, 0) is 6.42 Å². The molecule has 4 rings (SSSR count). The lowest BCUT2D eigenvalue weighted by Crippen LogP contribution is -2.47. The fourth-order valence-corrected chi connectivity index (χ4v) is 2.95. The molecule has 1 saturated heterocycles. The van der Waals surface area contributed by atoms with E-state index in [0.717, 1.165) is 50.2 Å². The first-order chi connectivity index (χ1) is 12.3. The molecule has 0 N–H and O–H groups in total. The zero-order chi connectivity index (χ0) is 17.1. The number of piperazine rings is 1. The Hall–Kier alpha value is -2.96. The van der Waals surface area contributed by atoms with Crippen LogP contribution >= 0.6 is 0 Å². The van der Waals surface area contributed by atoms with Gasteiger partial charge in [-0.15, -0.1) is 0 Å². The van der Waals surface area contributed by atoms with Crippen molar-refractivity contribution >= 4 is 11.8 Å². The van der Waals surface area contributed by atoms with Crippen LogP contribution in [0.5, 0.6) is 0 Å². The van der Waals surface area contributed by atoms with E-state index in [-0.39, 0.29) is 0 Å². The average molecular weight is 335 g/mol. The van der Waals surface area contributed by atoms with Gasteiger partial charge in [0.25, 0.3) is 0 Å². The Morgan fingerprint density at radius 1 is 0.920 bits per heavy atom. The minimum Gasteiger partial charge on any atom is -0.353 e. The maximum atomic E-state index is 4.74. The van der Waals surface area contributed by atoms with Crippen LogP contribution in [0.1, 0.15) is 12.5 Å². The predicted molar refractivity (Wildman–Crippen MR) is 97.2 cm³/mol. The summed E-state index contributed by atoms with van der Waals surface area (Å²) < 4.78 is 1.78.